The maximum absolute atomic E-state index is 13.2. The van der Waals surface area contributed by atoms with Crippen molar-refractivity contribution in [1.29, 1.82) is 0 Å². The van der Waals surface area contributed by atoms with E-state index in [9.17, 15) is 22.8 Å². The van der Waals surface area contributed by atoms with E-state index < -0.39 is 24.0 Å². The molecule has 0 bridgehead atoms. The van der Waals surface area contributed by atoms with Crippen LogP contribution in [-0.4, -0.2) is 33.7 Å². The van der Waals surface area contributed by atoms with Gasteiger partial charge >= 0.3 is 12.5 Å². The zero-order valence-corrected chi connectivity index (χ0v) is 21.9. The minimum atomic E-state index is -4.83. The number of ether oxygens (including phenoxy) is 2. The third-order valence-electron chi connectivity index (χ3n) is 5.27. The fourth-order valence-electron chi connectivity index (χ4n) is 3.71. The Bertz CT molecular complexity index is 1530. The first-order chi connectivity index (χ1) is 18.3. The molecule has 2 N–H and O–H groups in total. The van der Waals surface area contributed by atoms with Crippen LogP contribution in [0.15, 0.2) is 66.9 Å². The number of amides is 2. The summed E-state index contributed by atoms with van der Waals surface area (Å²) in [5.74, 6) is -0.885. The molecule has 0 spiro atoms. The van der Waals surface area contributed by atoms with Crippen LogP contribution in [0.1, 0.15) is 36.7 Å². The summed E-state index contributed by atoms with van der Waals surface area (Å²) >= 11 is 6.29. The minimum absolute atomic E-state index is 0.117. The minimum Gasteiger partial charge on any atom is -0.444 e. The van der Waals surface area contributed by atoms with Gasteiger partial charge in [-0.3, -0.25) is 4.79 Å². The Morgan fingerprint density at radius 2 is 1.77 bits per heavy atom. The average molecular weight is 561 g/mol. The van der Waals surface area contributed by atoms with Crippen molar-refractivity contribution in [2.75, 3.05) is 5.32 Å². The molecule has 0 aliphatic rings. The number of alkyl halides is 3. The van der Waals surface area contributed by atoms with Gasteiger partial charge in [0.2, 0.25) is 0 Å². The van der Waals surface area contributed by atoms with E-state index >= 15 is 0 Å². The first kappa shape index (κ1) is 27.8. The second-order valence-electron chi connectivity index (χ2n) is 9.46. The van der Waals surface area contributed by atoms with E-state index in [2.05, 4.69) is 20.5 Å². The number of rotatable bonds is 6. The molecule has 0 unspecified atom stereocenters. The van der Waals surface area contributed by atoms with E-state index in [-0.39, 0.29) is 22.9 Å². The van der Waals surface area contributed by atoms with Crippen LogP contribution in [0, 0.1) is 0 Å². The Kier molecular flexibility index (Phi) is 7.73. The summed E-state index contributed by atoms with van der Waals surface area (Å²) in [6, 6.07) is 15.2. The molecule has 0 aliphatic heterocycles. The van der Waals surface area contributed by atoms with Crippen LogP contribution in [0.3, 0.4) is 0 Å². The third-order valence-corrected chi connectivity index (χ3v) is 5.60. The zero-order valence-electron chi connectivity index (χ0n) is 21.1. The number of aromatic nitrogens is 2. The molecule has 0 saturated heterocycles. The Morgan fingerprint density at radius 3 is 2.49 bits per heavy atom. The monoisotopic (exact) mass is 560 g/mol. The predicted molar refractivity (Wildman–Crippen MR) is 140 cm³/mol. The molecule has 4 aromatic rings. The van der Waals surface area contributed by atoms with Crippen LogP contribution in [0.2, 0.25) is 5.02 Å². The molecule has 1 aromatic heterocycles. The maximum atomic E-state index is 13.2. The molecule has 3 aromatic carbocycles. The van der Waals surface area contributed by atoms with Gasteiger partial charge in [-0.2, -0.15) is 5.10 Å². The second kappa shape index (κ2) is 10.9. The van der Waals surface area contributed by atoms with Crippen LogP contribution in [-0.2, 0) is 11.3 Å². The van der Waals surface area contributed by atoms with Crippen molar-refractivity contribution in [3.8, 4) is 11.4 Å². The topological polar surface area (TPSA) is 94.5 Å². The SMILES string of the molecule is CC(C)(C)OC(=O)NCc1ccc(Cl)c(C(=O)Nc2cccc3c2cnn3-c2cccc(OC(F)(F)F)c2)c1. The average Bonchev–Trinajstić information content (AvgIpc) is 3.27. The highest BCUT2D eigenvalue weighted by Gasteiger charge is 2.31. The normalized spacial score (nSPS) is 11.8. The molecule has 2 amide bonds. The Hall–Kier alpha value is -4.25. The van der Waals surface area contributed by atoms with Crippen LogP contribution in [0.25, 0.3) is 16.6 Å². The van der Waals surface area contributed by atoms with Gasteiger partial charge < -0.3 is 20.1 Å². The van der Waals surface area contributed by atoms with Crippen LogP contribution in [0.4, 0.5) is 23.7 Å². The molecule has 0 fully saturated rings. The number of hydrogen-bond donors (Lipinski definition) is 2. The number of alkyl carbamates (subject to hydrolysis) is 1. The van der Waals surface area contributed by atoms with E-state index in [1.807, 2.05) is 0 Å². The zero-order chi connectivity index (χ0) is 28.4. The number of anilines is 1. The summed E-state index contributed by atoms with van der Waals surface area (Å²) in [4.78, 5) is 25.1. The van der Waals surface area contributed by atoms with Gasteiger partial charge in [0.05, 0.1) is 33.7 Å². The number of nitrogens with one attached hydrogen (secondary N) is 2. The number of fused-ring (bicyclic) bond motifs is 1. The van der Waals surface area contributed by atoms with Crippen molar-refractivity contribution < 1.29 is 32.2 Å². The molecule has 0 saturated carbocycles. The van der Waals surface area contributed by atoms with Gasteiger partial charge in [-0.05, 0) is 62.7 Å². The van der Waals surface area contributed by atoms with E-state index in [4.69, 9.17) is 16.3 Å². The van der Waals surface area contributed by atoms with Gasteiger partial charge in [0.25, 0.3) is 5.91 Å². The Morgan fingerprint density at radius 1 is 1.03 bits per heavy atom. The number of nitrogens with zero attached hydrogens (tertiary/aromatic N) is 2. The van der Waals surface area contributed by atoms with E-state index in [0.29, 0.717) is 27.8 Å². The summed E-state index contributed by atoms with van der Waals surface area (Å²) in [7, 11) is 0. The fourth-order valence-corrected chi connectivity index (χ4v) is 3.92. The van der Waals surface area contributed by atoms with E-state index in [1.165, 1.54) is 29.1 Å². The van der Waals surface area contributed by atoms with Crippen LogP contribution in [0.5, 0.6) is 5.75 Å². The first-order valence-corrected chi connectivity index (χ1v) is 12.1. The van der Waals surface area contributed by atoms with Crippen molar-refractivity contribution >= 4 is 40.2 Å². The fraction of sp³-hybridized carbons (Fsp3) is 0.222. The van der Waals surface area contributed by atoms with E-state index in [0.717, 1.165) is 0 Å². The number of carbonyl (C=O) groups is 2. The summed E-state index contributed by atoms with van der Waals surface area (Å²) in [6.45, 7) is 5.37. The lowest BCUT2D eigenvalue weighted by Crippen LogP contribution is -2.32. The molecule has 12 heteroatoms. The Labute approximate surface area is 226 Å². The molecular formula is C27H24ClF3N4O4. The van der Waals surface area contributed by atoms with Crippen molar-refractivity contribution in [2.45, 2.75) is 39.3 Å². The lowest BCUT2D eigenvalue weighted by atomic mass is 10.1. The molecule has 0 atom stereocenters. The van der Waals surface area contributed by atoms with Crippen molar-refractivity contribution in [3.63, 3.8) is 0 Å². The Balaban J connectivity index is 1.55. The maximum Gasteiger partial charge on any atom is 0.573 e. The first-order valence-electron chi connectivity index (χ1n) is 11.7. The predicted octanol–water partition coefficient (Wildman–Crippen LogP) is 6.85. The standard InChI is InChI=1S/C27H24ClF3N4O4/c1-26(2,3)39-25(37)32-14-16-10-11-21(28)19(12-16)24(36)34-22-8-5-9-23-20(22)15-33-35(23)17-6-4-7-18(13-17)38-27(29,30)31/h4-13,15H,14H2,1-3H3,(H,32,37)(H,34,36). The van der Waals surface area contributed by atoms with Crippen LogP contribution >= 0.6 is 11.6 Å². The van der Waals surface area contributed by atoms with E-state index in [1.54, 1.807) is 63.2 Å². The molecule has 1 heterocycles. The van der Waals surface area contributed by atoms with Crippen molar-refractivity contribution in [2.24, 2.45) is 0 Å². The number of halogens is 4. The summed E-state index contributed by atoms with van der Waals surface area (Å²) < 4.78 is 48.6. The molecule has 39 heavy (non-hydrogen) atoms. The molecule has 4 rings (SSSR count). The van der Waals surface area contributed by atoms with Gasteiger partial charge in [-0.25, -0.2) is 9.48 Å². The number of carbonyl (C=O) groups excluding carboxylic acids is 2. The lowest BCUT2D eigenvalue weighted by Gasteiger charge is -2.19. The van der Waals surface area contributed by atoms with Gasteiger partial charge in [-0.15, -0.1) is 13.2 Å². The summed E-state index contributed by atoms with van der Waals surface area (Å²) in [5.41, 5.74) is 1.45. The second-order valence-corrected chi connectivity index (χ2v) is 9.87. The highest BCUT2D eigenvalue weighted by atomic mass is 35.5. The number of benzene rings is 3. The van der Waals surface area contributed by atoms with Gasteiger partial charge in [-0.1, -0.05) is 29.8 Å². The molecule has 0 aliphatic carbocycles. The third kappa shape index (κ3) is 7.20. The number of hydrogen-bond acceptors (Lipinski definition) is 5. The molecule has 204 valence electrons. The largest absolute Gasteiger partial charge is 0.573 e. The van der Waals surface area contributed by atoms with Crippen molar-refractivity contribution in [1.82, 2.24) is 15.1 Å². The lowest BCUT2D eigenvalue weighted by molar-refractivity contribution is -0.274. The smallest absolute Gasteiger partial charge is 0.444 e. The molecular weight excluding hydrogens is 537 g/mol. The van der Waals surface area contributed by atoms with Crippen LogP contribution < -0.4 is 15.4 Å². The highest BCUT2D eigenvalue weighted by molar-refractivity contribution is 6.34. The summed E-state index contributed by atoms with van der Waals surface area (Å²) in [5, 5.41) is 10.5. The van der Waals surface area contributed by atoms with Gasteiger partial charge in [0.1, 0.15) is 11.4 Å². The van der Waals surface area contributed by atoms with Crippen molar-refractivity contribution in [3.05, 3.63) is 83.0 Å². The highest BCUT2D eigenvalue weighted by Crippen LogP contribution is 2.29. The summed E-state index contributed by atoms with van der Waals surface area (Å²) in [6.07, 6.45) is -3.93. The quantitative estimate of drug-likeness (QED) is 0.269. The van der Waals surface area contributed by atoms with Gasteiger partial charge in [0, 0.05) is 18.0 Å². The van der Waals surface area contributed by atoms with Gasteiger partial charge in [0.15, 0.2) is 0 Å². The molecule has 8 nitrogen and oxygen atoms in total. The molecule has 0 radical (unpaired) electrons.